The van der Waals surface area contributed by atoms with Gasteiger partial charge < -0.3 is 16.8 Å². The number of halogens is 1. The van der Waals surface area contributed by atoms with Gasteiger partial charge >= 0.3 is 0 Å². The highest BCUT2D eigenvalue weighted by Gasteiger charge is 2.16. The zero-order valence-corrected chi connectivity index (χ0v) is 11.0. The Morgan fingerprint density at radius 2 is 1.76 bits per heavy atom. The van der Waals surface area contributed by atoms with Crippen LogP contribution in [0.15, 0.2) is 48.5 Å². The number of rotatable bonds is 4. The number of benzene rings is 2. The predicted octanol–water partition coefficient (Wildman–Crippen LogP) is 1.56. The molecular formula is C15H14FN3O2. The molecule has 108 valence electrons. The molecule has 0 saturated carbocycles. The van der Waals surface area contributed by atoms with Crippen LogP contribution in [-0.2, 0) is 4.79 Å². The molecular weight excluding hydrogens is 273 g/mol. The Labute approximate surface area is 120 Å². The normalized spacial score (nSPS) is 11.7. The van der Waals surface area contributed by atoms with Crippen molar-refractivity contribution in [1.29, 1.82) is 0 Å². The van der Waals surface area contributed by atoms with Crippen LogP contribution in [-0.4, -0.2) is 11.8 Å². The molecule has 2 amide bonds. The van der Waals surface area contributed by atoms with Crippen molar-refractivity contribution in [2.45, 2.75) is 6.04 Å². The summed E-state index contributed by atoms with van der Waals surface area (Å²) in [5.41, 5.74) is 11.5. The fourth-order valence-electron chi connectivity index (χ4n) is 1.82. The molecule has 1 atom stereocenters. The highest BCUT2D eigenvalue weighted by Crippen LogP contribution is 2.17. The third kappa shape index (κ3) is 3.43. The number of amides is 2. The minimum atomic E-state index is -0.907. The molecule has 0 heterocycles. The van der Waals surface area contributed by atoms with E-state index in [1.165, 1.54) is 12.1 Å². The van der Waals surface area contributed by atoms with E-state index in [-0.39, 0.29) is 11.3 Å². The van der Waals surface area contributed by atoms with Gasteiger partial charge in [0.25, 0.3) is 5.91 Å². The Morgan fingerprint density at radius 1 is 1.10 bits per heavy atom. The van der Waals surface area contributed by atoms with Gasteiger partial charge in [-0.05, 0) is 23.8 Å². The van der Waals surface area contributed by atoms with Gasteiger partial charge in [-0.15, -0.1) is 0 Å². The molecule has 2 aromatic carbocycles. The average Bonchev–Trinajstić information content (AvgIpc) is 2.49. The number of carbonyl (C=O) groups is 2. The van der Waals surface area contributed by atoms with E-state index in [0.29, 0.717) is 5.56 Å². The van der Waals surface area contributed by atoms with Gasteiger partial charge in [0.15, 0.2) is 0 Å². The van der Waals surface area contributed by atoms with Crippen molar-refractivity contribution in [3.8, 4) is 0 Å². The monoisotopic (exact) mass is 287 g/mol. The summed E-state index contributed by atoms with van der Waals surface area (Å²) in [5, 5.41) is 2.52. The van der Waals surface area contributed by atoms with Crippen LogP contribution in [0.1, 0.15) is 22.0 Å². The largest absolute Gasteiger partial charge is 0.366 e. The number of anilines is 1. The lowest BCUT2D eigenvalue weighted by Crippen LogP contribution is -2.27. The molecule has 2 rings (SSSR count). The molecule has 21 heavy (non-hydrogen) atoms. The van der Waals surface area contributed by atoms with Gasteiger partial charge in [-0.2, -0.15) is 0 Å². The van der Waals surface area contributed by atoms with Crippen LogP contribution < -0.4 is 16.8 Å². The summed E-state index contributed by atoms with van der Waals surface area (Å²) >= 11 is 0. The third-order valence-electron chi connectivity index (χ3n) is 2.94. The zero-order chi connectivity index (χ0) is 15.4. The van der Waals surface area contributed by atoms with Crippen LogP contribution in [0.3, 0.4) is 0 Å². The first kappa shape index (κ1) is 14.7. The Hall–Kier alpha value is -2.73. The van der Waals surface area contributed by atoms with Gasteiger partial charge in [0, 0.05) is 5.69 Å². The first-order valence-electron chi connectivity index (χ1n) is 6.20. The molecule has 0 bridgehead atoms. The van der Waals surface area contributed by atoms with Crippen LogP contribution in [0.25, 0.3) is 0 Å². The van der Waals surface area contributed by atoms with Gasteiger partial charge in [0.05, 0.1) is 5.56 Å². The second-order valence-corrected chi connectivity index (χ2v) is 4.44. The molecule has 0 spiro atoms. The van der Waals surface area contributed by atoms with Gasteiger partial charge in [0.2, 0.25) is 5.91 Å². The first-order valence-corrected chi connectivity index (χ1v) is 6.20. The summed E-state index contributed by atoms with van der Waals surface area (Å²) < 4.78 is 13.3. The van der Waals surface area contributed by atoms with Crippen molar-refractivity contribution < 1.29 is 14.0 Å². The van der Waals surface area contributed by atoms with E-state index < -0.39 is 23.7 Å². The average molecular weight is 287 g/mol. The minimum absolute atomic E-state index is 0.251. The Balaban J connectivity index is 2.16. The summed E-state index contributed by atoms with van der Waals surface area (Å²) in [6.07, 6.45) is 0. The van der Waals surface area contributed by atoms with E-state index in [9.17, 15) is 14.0 Å². The van der Waals surface area contributed by atoms with E-state index in [2.05, 4.69) is 5.32 Å². The van der Waals surface area contributed by atoms with E-state index in [1.807, 2.05) is 6.07 Å². The highest BCUT2D eigenvalue weighted by molar-refractivity contribution is 5.98. The fourth-order valence-corrected chi connectivity index (χ4v) is 1.82. The molecule has 0 unspecified atom stereocenters. The minimum Gasteiger partial charge on any atom is -0.366 e. The van der Waals surface area contributed by atoms with E-state index in [4.69, 9.17) is 11.5 Å². The number of carbonyl (C=O) groups excluding carboxylic acids is 2. The van der Waals surface area contributed by atoms with Crippen molar-refractivity contribution in [3.63, 3.8) is 0 Å². The SMILES string of the molecule is NC(=O)c1cc(NC(=O)[C@@H](N)c2ccccc2)ccc1F. The summed E-state index contributed by atoms with van der Waals surface area (Å²) in [4.78, 5) is 23.1. The number of nitrogens with two attached hydrogens (primary N) is 2. The topological polar surface area (TPSA) is 98.2 Å². The van der Waals surface area contributed by atoms with Crippen molar-refractivity contribution in [2.75, 3.05) is 5.32 Å². The number of hydrogen-bond acceptors (Lipinski definition) is 3. The van der Waals surface area contributed by atoms with Gasteiger partial charge in [-0.1, -0.05) is 30.3 Å². The molecule has 0 radical (unpaired) electrons. The number of hydrogen-bond donors (Lipinski definition) is 3. The maximum absolute atomic E-state index is 13.3. The quantitative estimate of drug-likeness (QED) is 0.795. The first-order chi connectivity index (χ1) is 9.99. The standard InChI is InChI=1S/C15H14FN3O2/c16-12-7-6-10(8-11(12)14(18)20)19-15(21)13(17)9-4-2-1-3-5-9/h1-8,13H,17H2,(H2,18,20)(H,19,21)/t13-/m0/s1. The van der Waals surface area contributed by atoms with Crippen LogP contribution in [0.4, 0.5) is 10.1 Å². The molecule has 0 aliphatic rings. The summed E-state index contributed by atoms with van der Waals surface area (Å²) in [6, 6.07) is 11.5. The summed E-state index contributed by atoms with van der Waals surface area (Å²) in [7, 11) is 0. The highest BCUT2D eigenvalue weighted by atomic mass is 19.1. The predicted molar refractivity (Wildman–Crippen MR) is 76.9 cm³/mol. The van der Waals surface area contributed by atoms with Crippen LogP contribution >= 0.6 is 0 Å². The zero-order valence-electron chi connectivity index (χ0n) is 11.0. The van der Waals surface area contributed by atoms with Gasteiger partial charge in [0.1, 0.15) is 11.9 Å². The van der Waals surface area contributed by atoms with Gasteiger partial charge in [-0.3, -0.25) is 9.59 Å². The maximum Gasteiger partial charge on any atom is 0.251 e. The van der Waals surface area contributed by atoms with E-state index >= 15 is 0 Å². The van der Waals surface area contributed by atoms with Crippen LogP contribution in [0.2, 0.25) is 0 Å². The number of primary amides is 1. The number of nitrogens with one attached hydrogen (secondary N) is 1. The van der Waals surface area contributed by atoms with E-state index in [1.54, 1.807) is 24.3 Å². The third-order valence-corrected chi connectivity index (χ3v) is 2.94. The Bertz CT molecular complexity index is 674. The summed E-state index contributed by atoms with van der Waals surface area (Å²) in [6.45, 7) is 0. The smallest absolute Gasteiger partial charge is 0.251 e. The maximum atomic E-state index is 13.3. The van der Waals surface area contributed by atoms with Crippen molar-refractivity contribution in [1.82, 2.24) is 0 Å². The van der Waals surface area contributed by atoms with E-state index in [0.717, 1.165) is 6.07 Å². The molecule has 2 aromatic rings. The molecule has 6 heteroatoms. The molecule has 0 aliphatic carbocycles. The fraction of sp³-hybridized carbons (Fsp3) is 0.0667. The van der Waals surface area contributed by atoms with Crippen molar-refractivity contribution >= 4 is 17.5 Å². The molecule has 5 nitrogen and oxygen atoms in total. The van der Waals surface area contributed by atoms with Crippen molar-refractivity contribution in [3.05, 3.63) is 65.5 Å². The van der Waals surface area contributed by atoms with Crippen molar-refractivity contribution in [2.24, 2.45) is 11.5 Å². The van der Waals surface area contributed by atoms with Crippen LogP contribution in [0, 0.1) is 5.82 Å². The molecule has 0 fully saturated rings. The summed E-state index contributed by atoms with van der Waals surface area (Å²) in [5.74, 6) is -2.12. The molecule has 5 N–H and O–H groups in total. The second-order valence-electron chi connectivity index (χ2n) is 4.44. The Kier molecular flexibility index (Phi) is 4.30. The lowest BCUT2D eigenvalue weighted by molar-refractivity contribution is -0.117. The van der Waals surface area contributed by atoms with Gasteiger partial charge in [-0.25, -0.2) is 4.39 Å². The lowest BCUT2D eigenvalue weighted by Gasteiger charge is -2.13. The Morgan fingerprint density at radius 3 is 2.38 bits per heavy atom. The molecule has 0 aromatic heterocycles. The van der Waals surface area contributed by atoms with Crippen LogP contribution in [0.5, 0.6) is 0 Å². The molecule has 0 saturated heterocycles. The second kappa shape index (κ2) is 6.15. The molecule has 0 aliphatic heterocycles. The lowest BCUT2D eigenvalue weighted by atomic mass is 10.1.